The van der Waals surface area contributed by atoms with Crippen LogP contribution < -0.4 is 10.1 Å². The average Bonchev–Trinajstić information content (AvgIpc) is 2.41. The van der Waals surface area contributed by atoms with E-state index in [1.54, 1.807) is 24.3 Å². The maximum Gasteiger partial charge on any atom is 0.259 e. The van der Waals surface area contributed by atoms with Gasteiger partial charge >= 0.3 is 0 Å². The van der Waals surface area contributed by atoms with E-state index < -0.39 is 0 Å². The van der Waals surface area contributed by atoms with E-state index in [2.05, 4.69) is 10.3 Å². The number of carbonyl (C=O) groups excluding carboxylic acids is 1. The smallest absolute Gasteiger partial charge is 0.259 e. The number of anilines is 1. The van der Waals surface area contributed by atoms with Crippen molar-refractivity contribution in [3.05, 3.63) is 48.3 Å². The number of hydrogen-bond donors (Lipinski definition) is 2. The molecule has 0 bridgehead atoms. The van der Waals surface area contributed by atoms with Gasteiger partial charge < -0.3 is 15.2 Å². The highest BCUT2D eigenvalue weighted by Crippen LogP contribution is 2.19. The Hall–Kier alpha value is -2.56. The lowest BCUT2D eigenvalue weighted by molar-refractivity contribution is 0.102. The van der Waals surface area contributed by atoms with Crippen LogP contribution in [0.3, 0.4) is 0 Å². The van der Waals surface area contributed by atoms with Gasteiger partial charge in [-0.3, -0.25) is 9.78 Å². The number of amides is 1. The minimum absolute atomic E-state index is 0.101. The molecule has 1 heterocycles. The minimum Gasteiger partial charge on any atom is -0.505 e. The normalized spacial score (nSPS) is 10.3. The van der Waals surface area contributed by atoms with Crippen LogP contribution in [0.5, 0.6) is 11.5 Å². The number of pyridine rings is 1. The first-order valence-corrected chi connectivity index (χ1v) is 6.27. The molecule has 5 heteroatoms. The van der Waals surface area contributed by atoms with Crippen LogP contribution in [0.1, 0.15) is 24.2 Å². The Labute approximate surface area is 117 Å². The zero-order chi connectivity index (χ0) is 14.5. The van der Waals surface area contributed by atoms with Gasteiger partial charge in [-0.2, -0.15) is 0 Å². The van der Waals surface area contributed by atoms with E-state index >= 15 is 0 Å². The first-order chi connectivity index (χ1) is 9.56. The van der Waals surface area contributed by atoms with Gasteiger partial charge in [0.15, 0.2) is 0 Å². The molecule has 2 rings (SSSR count). The summed E-state index contributed by atoms with van der Waals surface area (Å²) in [5.41, 5.74) is 0.810. The van der Waals surface area contributed by atoms with Crippen molar-refractivity contribution >= 4 is 11.6 Å². The van der Waals surface area contributed by atoms with Crippen molar-refractivity contribution in [3.63, 3.8) is 0 Å². The van der Waals surface area contributed by atoms with E-state index in [-0.39, 0.29) is 23.3 Å². The summed E-state index contributed by atoms with van der Waals surface area (Å²) in [6, 6.07) is 8.51. The number of hydrogen-bond acceptors (Lipinski definition) is 4. The molecule has 0 fully saturated rings. The lowest BCUT2D eigenvalue weighted by Crippen LogP contribution is -2.12. The molecule has 104 valence electrons. The topological polar surface area (TPSA) is 71.5 Å². The van der Waals surface area contributed by atoms with Gasteiger partial charge in [0.05, 0.1) is 17.9 Å². The van der Waals surface area contributed by atoms with Gasteiger partial charge in [0, 0.05) is 11.9 Å². The Morgan fingerprint density at radius 3 is 2.55 bits per heavy atom. The third-order valence-corrected chi connectivity index (χ3v) is 2.53. The van der Waals surface area contributed by atoms with Crippen LogP contribution in [0.15, 0.2) is 42.7 Å². The molecule has 0 aliphatic carbocycles. The molecule has 0 saturated carbocycles. The molecule has 1 aromatic heterocycles. The molecule has 0 radical (unpaired) electrons. The number of aromatic hydroxyl groups is 1. The molecule has 1 amide bonds. The van der Waals surface area contributed by atoms with Crippen LogP contribution >= 0.6 is 0 Å². The second-order valence-electron chi connectivity index (χ2n) is 4.54. The zero-order valence-electron chi connectivity index (χ0n) is 11.3. The van der Waals surface area contributed by atoms with Gasteiger partial charge in [0.2, 0.25) is 0 Å². The number of benzene rings is 1. The van der Waals surface area contributed by atoms with Crippen LogP contribution in [0.25, 0.3) is 0 Å². The van der Waals surface area contributed by atoms with E-state index in [0.29, 0.717) is 5.69 Å². The fraction of sp³-hybridized carbons (Fsp3) is 0.200. The molecule has 2 N–H and O–H groups in total. The molecule has 0 saturated heterocycles. The second kappa shape index (κ2) is 6.06. The maximum atomic E-state index is 12.0. The molecule has 0 spiro atoms. The van der Waals surface area contributed by atoms with Gasteiger partial charge in [-0.05, 0) is 44.2 Å². The Morgan fingerprint density at radius 2 is 1.95 bits per heavy atom. The van der Waals surface area contributed by atoms with Crippen molar-refractivity contribution in [2.75, 3.05) is 5.32 Å². The molecule has 0 aliphatic heterocycles. The summed E-state index contributed by atoms with van der Waals surface area (Å²) in [6.45, 7) is 3.89. The van der Waals surface area contributed by atoms with Gasteiger partial charge in [0.25, 0.3) is 5.91 Å². The molecule has 20 heavy (non-hydrogen) atoms. The van der Waals surface area contributed by atoms with Crippen molar-refractivity contribution in [2.24, 2.45) is 0 Å². The number of nitrogens with one attached hydrogen (secondary N) is 1. The SMILES string of the molecule is CC(C)Oc1ccc(NC(=O)c2ccncc2O)cc1. The van der Waals surface area contributed by atoms with Crippen LogP contribution in [0.2, 0.25) is 0 Å². The molecule has 0 atom stereocenters. The standard InChI is InChI=1S/C15H16N2O3/c1-10(2)20-12-5-3-11(4-6-12)17-15(19)13-7-8-16-9-14(13)18/h3-10,18H,1-2H3,(H,17,19). The highest BCUT2D eigenvalue weighted by atomic mass is 16.5. The Bertz CT molecular complexity index is 594. The largest absolute Gasteiger partial charge is 0.505 e. The van der Waals surface area contributed by atoms with Gasteiger partial charge in [-0.1, -0.05) is 0 Å². The van der Waals surface area contributed by atoms with Crippen LogP contribution in [-0.2, 0) is 0 Å². The number of rotatable bonds is 4. The summed E-state index contributed by atoms with van der Waals surface area (Å²) >= 11 is 0. The van der Waals surface area contributed by atoms with Crippen LogP contribution in [-0.4, -0.2) is 22.1 Å². The summed E-state index contributed by atoms with van der Waals surface area (Å²) in [7, 11) is 0. The summed E-state index contributed by atoms with van der Waals surface area (Å²) < 4.78 is 5.52. The third-order valence-electron chi connectivity index (χ3n) is 2.53. The predicted molar refractivity (Wildman–Crippen MR) is 76.1 cm³/mol. The molecule has 0 aliphatic rings. The average molecular weight is 272 g/mol. The van der Waals surface area contributed by atoms with E-state index in [1.165, 1.54) is 18.5 Å². The number of nitrogens with zero attached hydrogens (tertiary/aromatic N) is 1. The van der Waals surface area contributed by atoms with Crippen molar-refractivity contribution in [3.8, 4) is 11.5 Å². The first kappa shape index (κ1) is 13.9. The van der Waals surface area contributed by atoms with E-state index in [4.69, 9.17) is 4.74 Å². The van der Waals surface area contributed by atoms with Gasteiger partial charge in [-0.25, -0.2) is 0 Å². The van der Waals surface area contributed by atoms with Crippen molar-refractivity contribution in [1.82, 2.24) is 4.98 Å². The van der Waals surface area contributed by atoms with Gasteiger partial charge in [0.1, 0.15) is 11.5 Å². The number of aromatic nitrogens is 1. The molecule has 2 aromatic rings. The maximum absolute atomic E-state index is 12.0. The molecule has 5 nitrogen and oxygen atoms in total. The fourth-order valence-corrected chi connectivity index (χ4v) is 1.67. The van der Waals surface area contributed by atoms with E-state index in [1.807, 2.05) is 13.8 Å². The van der Waals surface area contributed by atoms with Crippen molar-refractivity contribution < 1.29 is 14.6 Å². The zero-order valence-corrected chi connectivity index (χ0v) is 11.3. The third kappa shape index (κ3) is 3.47. The van der Waals surface area contributed by atoms with Crippen molar-refractivity contribution in [1.29, 1.82) is 0 Å². The lowest BCUT2D eigenvalue weighted by Gasteiger charge is -2.11. The number of carbonyl (C=O) groups is 1. The highest BCUT2D eigenvalue weighted by molar-refractivity contribution is 6.05. The summed E-state index contributed by atoms with van der Waals surface area (Å²) in [6.07, 6.45) is 2.78. The monoisotopic (exact) mass is 272 g/mol. The predicted octanol–water partition coefficient (Wildman–Crippen LogP) is 2.83. The Balaban J connectivity index is 2.07. The minimum atomic E-state index is -0.387. The highest BCUT2D eigenvalue weighted by Gasteiger charge is 2.10. The molecular weight excluding hydrogens is 256 g/mol. The van der Waals surface area contributed by atoms with E-state index in [9.17, 15) is 9.90 Å². The fourth-order valence-electron chi connectivity index (χ4n) is 1.67. The second-order valence-corrected chi connectivity index (χ2v) is 4.54. The first-order valence-electron chi connectivity index (χ1n) is 6.27. The van der Waals surface area contributed by atoms with E-state index in [0.717, 1.165) is 5.75 Å². The molecule has 0 unspecified atom stereocenters. The van der Waals surface area contributed by atoms with Gasteiger partial charge in [-0.15, -0.1) is 0 Å². The summed E-state index contributed by atoms with van der Waals surface area (Å²) in [5, 5.41) is 12.3. The quantitative estimate of drug-likeness (QED) is 0.897. The van der Waals surface area contributed by atoms with Crippen LogP contribution in [0.4, 0.5) is 5.69 Å². The van der Waals surface area contributed by atoms with Crippen molar-refractivity contribution in [2.45, 2.75) is 20.0 Å². The molecular formula is C15H16N2O3. The summed E-state index contributed by atoms with van der Waals surface area (Å²) in [4.78, 5) is 15.7. The lowest BCUT2D eigenvalue weighted by atomic mass is 10.2. The molecule has 1 aromatic carbocycles. The Morgan fingerprint density at radius 1 is 1.25 bits per heavy atom. The Kier molecular flexibility index (Phi) is 4.20. The number of ether oxygens (including phenoxy) is 1. The summed E-state index contributed by atoms with van der Waals surface area (Å²) in [5.74, 6) is 0.206. The van der Waals surface area contributed by atoms with Crippen LogP contribution in [0, 0.1) is 0 Å².